The van der Waals surface area contributed by atoms with Gasteiger partial charge in [0.25, 0.3) is 0 Å². The van der Waals surface area contributed by atoms with E-state index in [2.05, 4.69) is 11.8 Å². The van der Waals surface area contributed by atoms with Crippen LogP contribution in [0.15, 0.2) is 6.07 Å². The molecule has 0 saturated heterocycles. The predicted octanol–water partition coefficient (Wildman–Crippen LogP) is 5.51. The van der Waals surface area contributed by atoms with E-state index in [1.807, 2.05) is 51.4 Å². The van der Waals surface area contributed by atoms with Gasteiger partial charge in [0.2, 0.25) is 0 Å². The quantitative estimate of drug-likeness (QED) is 0.349. The number of hydrogen-bond donors (Lipinski definition) is 1. The molecule has 4 nitrogen and oxygen atoms in total. The fourth-order valence-electron chi connectivity index (χ4n) is 2.43. The molecule has 0 atom stereocenters. The van der Waals surface area contributed by atoms with E-state index in [9.17, 15) is 14.7 Å². The van der Waals surface area contributed by atoms with Crippen molar-refractivity contribution >= 4 is 24.6 Å². The number of aromatic carboxylic acids is 1. The minimum atomic E-state index is -2.61. The second kappa shape index (κ2) is 15.1. The summed E-state index contributed by atoms with van der Waals surface area (Å²) in [6.45, 7) is 12.7. The summed E-state index contributed by atoms with van der Waals surface area (Å²) in [7, 11) is 1.88. The molecule has 1 aliphatic carbocycles. The van der Waals surface area contributed by atoms with Gasteiger partial charge >= 0.3 is 139 Å². The zero-order valence-electron chi connectivity index (χ0n) is 19.1. The van der Waals surface area contributed by atoms with Crippen LogP contribution in [0.25, 0.3) is 0 Å². The van der Waals surface area contributed by atoms with Crippen molar-refractivity contribution in [1.82, 2.24) is 2.84 Å². The first-order chi connectivity index (χ1) is 13.7. The Labute approximate surface area is 190 Å². The van der Waals surface area contributed by atoms with Gasteiger partial charge in [-0.05, 0) is 0 Å². The van der Waals surface area contributed by atoms with Crippen LogP contribution in [0.1, 0.15) is 94.6 Å². The fourth-order valence-corrected chi connectivity index (χ4v) is 9.58. The molecule has 1 fully saturated rings. The topological polar surface area (TPSA) is 57.6 Å². The van der Waals surface area contributed by atoms with E-state index in [-0.39, 0.29) is 10.3 Å². The first-order valence-corrected chi connectivity index (χ1v) is 15.7. The molecule has 1 aromatic rings. The summed E-state index contributed by atoms with van der Waals surface area (Å²) in [5.74, 6) is 5.17. The molecule has 1 heterocycles. The number of carbonyl (C=O) groups excluding carboxylic acids is 1. The van der Waals surface area contributed by atoms with E-state index in [1.54, 1.807) is 6.07 Å². The van der Waals surface area contributed by atoms with Crippen molar-refractivity contribution in [3.05, 3.63) is 15.8 Å². The molecule has 29 heavy (non-hydrogen) atoms. The Morgan fingerprint density at radius 2 is 1.69 bits per heavy atom. The van der Waals surface area contributed by atoms with Gasteiger partial charge in [-0.1, -0.05) is 52.4 Å². The first kappa shape index (κ1) is 28.2. The summed E-state index contributed by atoms with van der Waals surface area (Å²) in [5.41, 5.74) is -0.140. The van der Waals surface area contributed by atoms with Crippen molar-refractivity contribution in [3.8, 4) is 11.8 Å². The third-order valence-corrected chi connectivity index (χ3v) is 12.3. The van der Waals surface area contributed by atoms with E-state index in [0.29, 0.717) is 3.27 Å². The molecule has 1 N–H and O–H groups in total. The number of carboxylic acid groups (broad SMARTS) is 1. The Kier molecular flexibility index (Phi) is 14.7. The fraction of sp³-hybridized carbons (Fsp3) is 0.652. The molecule has 0 amide bonds. The average Bonchev–Trinajstić information content (AvgIpc) is 3.14. The zero-order chi connectivity index (χ0) is 22.4. The Morgan fingerprint density at radius 1 is 1.21 bits per heavy atom. The minimum absolute atomic E-state index is 0.140. The van der Waals surface area contributed by atoms with Crippen LogP contribution in [-0.4, -0.2) is 31.5 Å². The molecule has 0 unspecified atom stereocenters. The van der Waals surface area contributed by atoms with E-state index < -0.39 is 28.0 Å². The number of thiophene rings is 1. The van der Waals surface area contributed by atoms with E-state index in [0.717, 1.165) is 15.4 Å². The third-order valence-electron chi connectivity index (χ3n) is 3.98. The van der Waals surface area contributed by atoms with Crippen molar-refractivity contribution in [2.75, 3.05) is 13.6 Å². The normalized spacial score (nSPS) is 13.7. The monoisotopic (exact) mass is 618 g/mol. The summed E-state index contributed by atoms with van der Waals surface area (Å²) in [6.07, 6.45) is 9.00. The van der Waals surface area contributed by atoms with Crippen molar-refractivity contribution in [3.63, 3.8) is 0 Å². The molecule has 1 aromatic heterocycles. The van der Waals surface area contributed by atoms with Gasteiger partial charge in [0.1, 0.15) is 0 Å². The molecule has 1 aliphatic rings. The van der Waals surface area contributed by atoms with Crippen LogP contribution in [0.3, 0.4) is 0 Å². The summed E-state index contributed by atoms with van der Waals surface area (Å²) < 4.78 is 3.66. The zero-order valence-corrected chi connectivity index (χ0v) is 22.9. The van der Waals surface area contributed by atoms with Gasteiger partial charge in [-0.3, -0.25) is 0 Å². The molecule has 0 radical (unpaired) electrons. The number of rotatable bonds is 5. The standard InChI is InChI=1S/C15H20AtNO3S.C6H12.C2H6/c1-6-17(5)16(10-18)12-9-11(7-8-15(2,3)4)21-13(12)14(19)20;1-2-4-6-5-3-1;1-2/h9-10H,6H2,1-5H3,(H,19,20);1-6H2;1-2H3. The van der Waals surface area contributed by atoms with Crippen molar-refractivity contribution in [2.24, 2.45) is 5.41 Å². The van der Waals surface area contributed by atoms with Crippen LogP contribution in [0.5, 0.6) is 0 Å². The molecule has 0 aliphatic heterocycles. The van der Waals surface area contributed by atoms with Gasteiger partial charge < -0.3 is 0 Å². The SMILES string of the molecule is C1CCCCC1.CC.CCN(C)[At](C=O)c1cc(C#CC(C)(C)C)sc1C(=O)O. The Balaban J connectivity index is 0.000000818. The van der Waals surface area contributed by atoms with Crippen molar-refractivity contribution < 1.29 is 36.7 Å². The van der Waals surface area contributed by atoms with Crippen LogP contribution in [0.2, 0.25) is 0 Å². The number of hydrogen-bond acceptors (Lipinski definition) is 4. The Bertz CT molecular complexity index is 667. The molecule has 0 spiro atoms. The van der Waals surface area contributed by atoms with E-state index >= 15 is 0 Å². The average molecular weight is 619 g/mol. The number of carbonyl (C=O) groups is 2. The third kappa shape index (κ3) is 11.3. The summed E-state index contributed by atoms with van der Waals surface area (Å²) in [5, 5.41) is 9.36. The van der Waals surface area contributed by atoms with Crippen LogP contribution < -0.4 is 3.27 Å². The van der Waals surface area contributed by atoms with Gasteiger partial charge in [-0.25, -0.2) is 0 Å². The van der Waals surface area contributed by atoms with Gasteiger partial charge in [-0.2, -0.15) is 0 Å². The Hall–Kier alpha value is -0.757. The van der Waals surface area contributed by atoms with Crippen LogP contribution in [0, 0.1) is 39.3 Å². The van der Waals surface area contributed by atoms with Crippen molar-refractivity contribution in [1.29, 1.82) is 0 Å². The van der Waals surface area contributed by atoms with Gasteiger partial charge in [-0.15, -0.1) is 0 Å². The predicted molar refractivity (Wildman–Crippen MR) is 121 cm³/mol. The number of nitrogens with zero attached hydrogens (tertiary/aromatic N) is 1. The number of carboxylic acids is 1. The molecular weight excluding hydrogens is 580 g/mol. The van der Waals surface area contributed by atoms with Gasteiger partial charge in [0.15, 0.2) is 0 Å². The summed E-state index contributed by atoms with van der Waals surface area (Å²) in [4.78, 5) is 23.8. The molecule has 6 heteroatoms. The van der Waals surface area contributed by atoms with Gasteiger partial charge in [0.05, 0.1) is 0 Å². The summed E-state index contributed by atoms with van der Waals surface area (Å²) >= 11 is -1.44. The maximum absolute atomic E-state index is 11.4. The first-order valence-electron chi connectivity index (χ1n) is 10.4. The van der Waals surface area contributed by atoms with Crippen LogP contribution in [0.4, 0.5) is 0 Å². The summed E-state index contributed by atoms with van der Waals surface area (Å²) in [6, 6.07) is 1.80. The molecular formula is C23H38AtNO3S. The molecule has 2 rings (SSSR count). The molecule has 1 saturated carbocycles. The second-order valence-corrected chi connectivity index (χ2v) is 15.4. The Morgan fingerprint density at radius 3 is 2.03 bits per heavy atom. The van der Waals surface area contributed by atoms with Crippen molar-refractivity contribution in [2.45, 2.75) is 80.1 Å². The molecule has 0 bridgehead atoms. The maximum atomic E-state index is 11.4. The second-order valence-electron chi connectivity index (χ2n) is 7.52. The van der Waals surface area contributed by atoms with Crippen LogP contribution >= 0.6 is 11.3 Å². The van der Waals surface area contributed by atoms with Gasteiger partial charge in [0, 0.05) is 0 Å². The van der Waals surface area contributed by atoms with E-state index in [4.69, 9.17) is 0 Å². The van der Waals surface area contributed by atoms with E-state index in [1.165, 1.54) is 49.9 Å². The van der Waals surface area contributed by atoms with Crippen LogP contribution in [-0.2, 0) is 4.79 Å². The molecule has 0 aromatic carbocycles. The molecule has 166 valence electrons.